The van der Waals surface area contributed by atoms with Gasteiger partial charge in [-0.05, 0) is 37.4 Å². The number of rotatable bonds is 7. The van der Waals surface area contributed by atoms with Crippen LogP contribution in [0.3, 0.4) is 0 Å². The van der Waals surface area contributed by atoms with Crippen LogP contribution in [0.5, 0.6) is 11.5 Å². The molecule has 186 valence electrons. The molecule has 1 fully saturated rings. The number of nitriles is 1. The summed E-state index contributed by atoms with van der Waals surface area (Å²) in [4.78, 5) is 23.6. The molecule has 36 heavy (non-hydrogen) atoms. The molecule has 2 amide bonds. The molecule has 3 aromatic rings. The monoisotopic (exact) mass is 488 g/mol. The summed E-state index contributed by atoms with van der Waals surface area (Å²) in [5, 5.41) is 17.3. The summed E-state index contributed by atoms with van der Waals surface area (Å²) in [6.07, 6.45) is 1.63. The summed E-state index contributed by atoms with van der Waals surface area (Å²) in [6, 6.07) is 14.1. The highest BCUT2D eigenvalue weighted by molar-refractivity contribution is 5.90. The molecular weight excluding hydrogens is 460 g/mol. The van der Waals surface area contributed by atoms with Crippen molar-refractivity contribution in [2.45, 2.75) is 0 Å². The lowest BCUT2D eigenvalue weighted by molar-refractivity contribution is 0.116. The van der Waals surface area contributed by atoms with Gasteiger partial charge in [0.15, 0.2) is 0 Å². The van der Waals surface area contributed by atoms with Crippen molar-refractivity contribution in [1.82, 2.24) is 25.3 Å². The van der Waals surface area contributed by atoms with Gasteiger partial charge in [-0.2, -0.15) is 5.26 Å². The minimum absolute atomic E-state index is 0.329. The lowest BCUT2D eigenvalue weighted by Crippen LogP contribution is -2.53. The Bertz CT molecular complexity index is 1270. The first-order chi connectivity index (χ1) is 17.5. The molecule has 11 nitrogen and oxygen atoms in total. The Balaban J connectivity index is 1.49. The first-order valence-corrected chi connectivity index (χ1v) is 11.4. The number of benzene rings is 2. The Kier molecular flexibility index (Phi) is 7.79. The standard InChI is InChI=1S/C25H28N8O3/c1-32-8-10-33(11-9-32)31-25(34)29-20-13-19(14-21(15-20)35-2)28-24-27-7-6-22(30-24)17-4-5-23(36-3)18(12-17)16-26/h4-7,12-15H,8-11H2,1-3H3,(H,27,28,30)(H2,29,31,34). The number of urea groups is 1. The summed E-state index contributed by atoms with van der Waals surface area (Å²) in [5.74, 6) is 1.41. The van der Waals surface area contributed by atoms with E-state index in [4.69, 9.17) is 9.47 Å². The molecule has 1 aliphatic rings. The highest BCUT2D eigenvalue weighted by Crippen LogP contribution is 2.28. The number of anilines is 3. The van der Waals surface area contributed by atoms with Crippen LogP contribution in [-0.4, -0.2) is 73.4 Å². The van der Waals surface area contributed by atoms with Crippen LogP contribution in [0.4, 0.5) is 22.1 Å². The SMILES string of the molecule is COc1cc(NC(=O)NN2CCN(C)CC2)cc(Nc2nccc(-c3ccc(OC)c(C#N)c3)n2)c1. The minimum Gasteiger partial charge on any atom is -0.497 e. The van der Waals surface area contributed by atoms with Gasteiger partial charge in [-0.25, -0.2) is 19.8 Å². The molecule has 0 aliphatic carbocycles. The fourth-order valence-corrected chi connectivity index (χ4v) is 3.75. The Morgan fingerprint density at radius 1 is 1.03 bits per heavy atom. The van der Waals surface area contributed by atoms with E-state index in [1.807, 2.05) is 11.1 Å². The van der Waals surface area contributed by atoms with Gasteiger partial charge < -0.3 is 25.0 Å². The predicted octanol–water partition coefficient (Wildman–Crippen LogP) is 3.06. The van der Waals surface area contributed by atoms with Crippen LogP contribution < -0.4 is 25.5 Å². The zero-order valence-electron chi connectivity index (χ0n) is 20.4. The number of amides is 2. The van der Waals surface area contributed by atoms with E-state index in [2.05, 4.69) is 44.0 Å². The van der Waals surface area contributed by atoms with Crippen LogP contribution in [0.15, 0.2) is 48.7 Å². The number of carbonyl (C=O) groups excluding carboxylic acids is 1. The van der Waals surface area contributed by atoms with Crippen LogP contribution in [0.25, 0.3) is 11.3 Å². The maximum Gasteiger partial charge on any atom is 0.333 e. The molecule has 1 aliphatic heterocycles. The molecule has 0 saturated carbocycles. The van der Waals surface area contributed by atoms with Gasteiger partial charge in [0.2, 0.25) is 5.95 Å². The van der Waals surface area contributed by atoms with Crippen molar-refractivity contribution in [2.75, 3.05) is 58.1 Å². The van der Waals surface area contributed by atoms with Gasteiger partial charge >= 0.3 is 6.03 Å². The van der Waals surface area contributed by atoms with Gasteiger partial charge in [-0.3, -0.25) is 5.43 Å². The Hall–Kier alpha value is -4.40. The van der Waals surface area contributed by atoms with Crippen molar-refractivity contribution in [1.29, 1.82) is 5.26 Å². The molecule has 2 heterocycles. The number of ether oxygens (including phenoxy) is 2. The van der Waals surface area contributed by atoms with Crippen molar-refractivity contribution in [3.8, 4) is 28.8 Å². The van der Waals surface area contributed by atoms with Crippen molar-refractivity contribution in [2.24, 2.45) is 0 Å². The minimum atomic E-state index is -0.329. The van der Waals surface area contributed by atoms with E-state index in [1.54, 1.807) is 49.7 Å². The Labute approximate surface area is 209 Å². The third kappa shape index (κ3) is 6.18. The van der Waals surface area contributed by atoms with E-state index in [9.17, 15) is 10.1 Å². The molecule has 0 atom stereocenters. The zero-order valence-corrected chi connectivity index (χ0v) is 20.4. The fraction of sp³-hybridized carbons (Fsp3) is 0.280. The third-order valence-electron chi connectivity index (χ3n) is 5.69. The number of nitrogens with one attached hydrogen (secondary N) is 3. The largest absolute Gasteiger partial charge is 0.497 e. The maximum atomic E-state index is 12.5. The second-order valence-corrected chi connectivity index (χ2v) is 8.22. The van der Waals surface area contributed by atoms with Crippen LogP contribution in [0.2, 0.25) is 0 Å². The molecule has 2 aromatic carbocycles. The highest BCUT2D eigenvalue weighted by Gasteiger charge is 2.16. The fourth-order valence-electron chi connectivity index (χ4n) is 3.75. The topological polar surface area (TPSA) is 128 Å². The van der Waals surface area contributed by atoms with Gasteiger partial charge in [0, 0.05) is 61.4 Å². The van der Waals surface area contributed by atoms with E-state index in [1.165, 1.54) is 7.11 Å². The van der Waals surface area contributed by atoms with Gasteiger partial charge in [0.05, 0.1) is 25.5 Å². The molecule has 0 unspecified atom stereocenters. The number of piperazine rings is 1. The molecule has 3 N–H and O–H groups in total. The first-order valence-electron chi connectivity index (χ1n) is 11.4. The second kappa shape index (κ2) is 11.4. The molecule has 0 bridgehead atoms. The normalized spacial score (nSPS) is 13.9. The summed E-state index contributed by atoms with van der Waals surface area (Å²) in [5.41, 5.74) is 5.87. The molecule has 4 rings (SSSR count). The summed E-state index contributed by atoms with van der Waals surface area (Å²) in [7, 11) is 5.14. The number of hydrogen-bond acceptors (Lipinski definition) is 9. The molecular formula is C25H28N8O3. The van der Waals surface area contributed by atoms with E-state index >= 15 is 0 Å². The summed E-state index contributed by atoms with van der Waals surface area (Å²) in [6.45, 7) is 3.29. The quantitative estimate of drug-likeness (QED) is 0.460. The van der Waals surface area contributed by atoms with E-state index < -0.39 is 0 Å². The number of nitrogens with zero attached hydrogens (tertiary/aromatic N) is 5. The Morgan fingerprint density at radius 3 is 2.53 bits per heavy atom. The highest BCUT2D eigenvalue weighted by atomic mass is 16.5. The number of hydrazine groups is 1. The molecule has 1 saturated heterocycles. The van der Waals surface area contributed by atoms with Crippen molar-refractivity contribution in [3.05, 3.63) is 54.2 Å². The smallest absolute Gasteiger partial charge is 0.333 e. The van der Waals surface area contributed by atoms with Crippen molar-refractivity contribution in [3.63, 3.8) is 0 Å². The molecule has 11 heteroatoms. The molecule has 0 spiro atoms. The average molecular weight is 489 g/mol. The van der Waals surface area contributed by atoms with Crippen LogP contribution in [0.1, 0.15) is 5.56 Å². The zero-order chi connectivity index (χ0) is 25.5. The van der Waals surface area contributed by atoms with Gasteiger partial charge in [-0.1, -0.05) is 0 Å². The lowest BCUT2D eigenvalue weighted by atomic mass is 10.1. The maximum absolute atomic E-state index is 12.5. The first kappa shape index (κ1) is 24.7. The van der Waals surface area contributed by atoms with Crippen LogP contribution in [-0.2, 0) is 0 Å². The predicted molar refractivity (Wildman–Crippen MR) is 136 cm³/mol. The van der Waals surface area contributed by atoms with E-state index in [-0.39, 0.29) is 6.03 Å². The van der Waals surface area contributed by atoms with Crippen LogP contribution >= 0.6 is 0 Å². The van der Waals surface area contributed by atoms with Gasteiger partial charge in [0.1, 0.15) is 17.6 Å². The second-order valence-electron chi connectivity index (χ2n) is 8.22. The van der Waals surface area contributed by atoms with Crippen LogP contribution in [0, 0.1) is 11.3 Å². The summed E-state index contributed by atoms with van der Waals surface area (Å²) >= 11 is 0. The van der Waals surface area contributed by atoms with Gasteiger partial charge in [-0.15, -0.1) is 0 Å². The number of aromatic nitrogens is 2. The number of methoxy groups -OCH3 is 2. The lowest BCUT2D eigenvalue weighted by Gasteiger charge is -2.32. The van der Waals surface area contributed by atoms with Crippen molar-refractivity contribution >= 4 is 23.4 Å². The van der Waals surface area contributed by atoms with Gasteiger partial charge in [0.25, 0.3) is 0 Å². The van der Waals surface area contributed by atoms with E-state index in [0.29, 0.717) is 40.1 Å². The summed E-state index contributed by atoms with van der Waals surface area (Å²) < 4.78 is 10.6. The van der Waals surface area contributed by atoms with E-state index in [0.717, 1.165) is 31.7 Å². The molecule has 0 radical (unpaired) electrons. The third-order valence-corrected chi connectivity index (χ3v) is 5.69. The molecule has 1 aromatic heterocycles. The number of hydrogen-bond donors (Lipinski definition) is 3. The Morgan fingerprint density at radius 2 is 1.81 bits per heavy atom. The number of likely N-dealkylation sites (N-methyl/N-ethyl adjacent to an activating group) is 1. The number of carbonyl (C=O) groups is 1. The average Bonchev–Trinajstić information content (AvgIpc) is 2.89. The van der Waals surface area contributed by atoms with Crippen molar-refractivity contribution < 1.29 is 14.3 Å².